The summed E-state index contributed by atoms with van der Waals surface area (Å²) in [5, 5.41) is 13.3. The number of thiocarbonyl (C=S) groups is 1. The Morgan fingerprint density at radius 1 is 1.35 bits per heavy atom. The molecule has 1 aromatic carbocycles. The fourth-order valence-electron chi connectivity index (χ4n) is 1.94. The number of thioether (sulfide) groups is 1. The molecule has 1 aliphatic heterocycles. The molecule has 1 N–H and O–H groups in total. The van der Waals surface area contributed by atoms with E-state index in [2.05, 4.69) is 21.2 Å². The zero-order valence-corrected chi connectivity index (χ0v) is 14.5. The number of benzene rings is 1. The average molecular weight is 411 g/mol. The van der Waals surface area contributed by atoms with Crippen LogP contribution in [0.2, 0.25) is 0 Å². The van der Waals surface area contributed by atoms with Gasteiger partial charge in [0.05, 0.1) is 9.83 Å². The monoisotopic (exact) mass is 410 g/mol. The molecule has 0 bridgehead atoms. The van der Waals surface area contributed by atoms with Crippen LogP contribution in [0.5, 0.6) is 0 Å². The minimum atomic E-state index is -0.467. The van der Waals surface area contributed by atoms with E-state index in [4.69, 9.17) is 16.6 Å². The highest BCUT2D eigenvalue weighted by molar-refractivity contribution is 9.10. The number of furan rings is 1. The van der Waals surface area contributed by atoms with Crippen LogP contribution in [0.1, 0.15) is 5.76 Å². The first kappa shape index (κ1) is 15.9. The van der Waals surface area contributed by atoms with Gasteiger partial charge in [0.15, 0.2) is 0 Å². The summed E-state index contributed by atoms with van der Waals surface area (Å²) in [7, 11) is 0. The van der Waals surface area contributed by atoms with Gasteiger partial charge in [-0.05, 0) is 34.1 Å². The maximum Gasteiger partial charge on any atom is 0.270 e. The molecule has 9 heteroatoms. The number of halogens is 1. The van der Waals surface area contributed by atoms with E-state index in [-0.39, 0.29) is 11.6 Å². The van der Waals surface area contributed by atoms with Gasteiger partial charge >= 0.3 is 0 Å². The van der Waals surface area contributed by atoms with E-state index in [1.165, 1.54) is 23.9 Å². The van der Waals surface area contributed by atoms with Crippen molar-refractivity contribution in [1.82, 2.24) is 5.32 Å². The third-order valence-electron chi connectivity index (χ3n) is 2.97. The number of nitro benzene ring substituents is 1. The second kappa shape index (κ2) is 6.26. The largest absolute Gasteiger partial charge is 0.457 e. The maximum absolute atomic E-state index is 11.6. The summed E-state index contributed by atoms with van der Waals surface area (Å²) in [6.45, 7) is 0. The molecule has 116 valence electrons. The van der Waals surface area contributed by atoms with Crippen LogP contribution >= 0.6 is 39.9 Å². The Labute approximate surface area is 148 Å². The van der Waals surface area contributed by atoms with Crippen LogP contribution in [-0.2, 0) is 4.79 Å². The van der Waals surface area contributed by atoms with Gasteiger partial charge in [-0.1, -0.05) is 24.0 Å². The SMILES string of the molecule is O=C1NC(=S)SC1=Cc1ccc(-c2ccc([N+](=O)[O-])cc2Br)o1. The quantitative estimate of drug-likeness (QED) is 0.354. The van der Waals surface area contributed by atoms with Gasteiger partial charge in [0, 0.05) is 28.2 Å². The summed E-state index contributed by atoms with van der Waals surface area (Å²) in [6.07, 6.45) is 1.60. The Balaban J connectivity index is 1.91. The molecule has 1 fully saturated rings. The van der Waals surface area contributed by atoms with Gasteiger partial charge in [0.25, 0.3) is 11.6 Å². The van der Waals surface area contributed by atoms with Crippen LogP contribution < -0.4 is 5.32 Å². The van der Waals surface area contributed by atoms with Crippen molar-refractivity contribution in [3.8, 4) is 11.3 Å². The normalized spacial score (nSPS) is 16.0. The van der Waals surface area contributed by atoms with E-state index < -0.39 is 4.92 Å². The fraction of sp³-hybridized carbons (Fsp3) is 0. The van der Waals surface area contributed by atoms with Crippen LogP contribution in [0.4, 0.5) is 5.69 Å². The Morgan fingerprint density at radius 3 is 2.74 bits per heavy atom. The number of rotatable bonds is 3. The van der Waals surface area contributed by atoms with E-state index in [0.717, 1.165) is 0 Å². The lowest BCUT2D eigenvalue weighted by Crippen LogP contribution is -2.17. The van der Waals surface area contributed by atoms with Crippen molar-refractivity contribution in [1.29, 1.82) is 0 Å². The average Bonchev–Trinajstić information content (AvgIpc) is 3.06. The van der Waals surface area contributed by atoms with Gasteiger partial charge in [0.1, 0.15) is 15.8 Å². The first-order chi connectivity index (χ1) is 10.9. The predicted molar refractivity (Wildman–Crippen MR) is 94.8 cm³/mol. The predicted octanol–water partition coefficient (Wildman–Crippen LogP) is 4.11. The Morgan fingerprint density at radius 2 is 2.13 bits per heavy atom. The number of hydrogen-bond acceptors (Lipinski definition) is 6. The van der Waals surface area contributed by atoms with Gasteiger partial charge in [-0.15, -0.1) is 0 Å². The molecule has 0 radical (unpaired) electrons. The second-order valence-corrected chi connectivity index (χ2v) is 7.05. The van der Waals surface area contributed by atoms with E-state index in [1.807, 2.05) is 0 Å². The van der Waals surface area contributed by atoms with Crippen molar-refractivity contribution in [2.45, 2.75) is 0 Å². The zero-order chi connectivity index (χ0) is 16.6. The molecule has 0 unspecified atom stereocenters. The molecule has 23 heavy (non-hydrogen) atoms. The Kier molecular flexibility index (Phi) is 4.33. The number of hydrogen-bond donors (Lipinski definition) is 1. The van der Waals surface area contributed by atoms with Crippen molar-refractivity contribution in [3.05, 3.63) is 55.6 Å². The fourth-order valence-corrected chi connectivity index (χ4v) is 3.53. The number of amides is 1. The minimum absolute atomic E-state index is 0.0120. The molecule has 1 aromatic heterocycles. The molecular weight excluding hydrogens is 404 g/mol. The Hall–Kier alpha value is -1.97. The summed E-state index contributed by atoms with van der Waals surface area (Å²) in [4.78, 5) is 22.4. The molecule has 0 spiro atoms. The molecule has 2 heterocycles. The van der Waals surface area contributed by atoms with Crippen molar-refractivity contribution in [2.75, 3.05) is 0 Å². The number of nitro groups is 1. The molecule has 0 aliphatic carbocycles. The zero-order valence-electron chi connectivity index (χ0n) is 11.2. The number of nitrogens with one attached hydrogen (secondary N) is 1. The summed E-state index contributed by atoms with van der Waals surface area (Å²) < 4.78 is 6.64. The number of carbonyl (C=O) groups is 1. The van der Waals surface area contributed by atoms with Gasteiger partial charge in [0.2, 0.25) is 0 Å². The molecule has 3 rings (SSSR count). The lowest BCUT2D eigenvalue weighted by molar-refractivity contribution is -0.384. The summed E-state index contributed by atoms with van der Waals surface area (Å²) in [5.41, 5.74) is 0.668. The third-order valence-corrected chi connectivity index (χ3v) is 4.79. The van der Waals surface area contributed by atoms with E-state index in [1.54, 1.807) is 24.3 Å². The third kappa shape index (κ3) is 3.36. The van der Waals surface area contributed by atoms with Crippen molar-refractivity contribution in [3.63, 3.8) is 0 Å². The molecule has 6 nitrogen and oxygen atoms in total. The molecule has 1 aliphatic rings. The van der Waals surface area contributed by atoms with Gasteiger partial charge in [-0.25, -0.2) is 0 Å². The van der Waals surface area contributed by atoms with Gasteiger partial charge in [-0.2, -0.15) is 0 Å². The summed E-state index contributed by atoms with van der Waals surface area (Å²) >= 11 is 9.39. The Bertz CT molecular complexity index is 875. The number of nitrogens with zero attached hydrogens (tertiary/aromatic N) is 1. The highest BCUT2D eigenvalue weighted by Crippen LogP contribution is 2.34. The smallest absolute Gasteiger partial charge is 0.270 e. The first-order valence-electron chi connectivity index (χ1n) is 6.23. The lowest BCUT2D eigenvalue weighted by atomic mass is 10.1. The van der Waals surface area contributed by atoms with Crippen molar-refractivity contribution < 1.29 is 14.1 Å². The first-order valence-corrected chi connectivity index (χ1v) is 8.25. The van der Waals surface area contributed by atoms with Crippen molar-refractivity contribution in [2.24, 2.45) is 0 Å². The topological polar surface area (TPSA) is 85.4 Å². The second-order valence-electron chi connectivity index (χ2n) is 4.48. The van der Waals surface area contributed by atoms with Gasteiger partial charge < -0.3 is 9.73 Å². The molecule has 2 aromatic rings. The summed E-state index contributed by atoms with van der Waals surface area (Å²) in [6, 6.07) is 7.86. The molecule has 0 saturated carbocycles. The lowest BCUT2D eigenvalue weighted by Gasteiger charge is -2.00. The van der Waals surface area contributed by atoms with E-state index >= 15 is 0 Å². The van der Waals surface area contributed by atoms with Crippen LogP contribution in [0.15, 0.2) is 44.1 Å². The van der Waals surface area contributed by atoms with E-state index in [0.29, 0.717) is 30.8 Å². The standard InChI is InChI=1S/C14H7BrN2O4S2/c15-10-5-7(17(19)20)1-3-9(10)11-4-2-8(21-11)6-12-13(18)16-14(22)23-12/h1-6H,(H,16,18,22). The number of carbonyl (C=O) groups excluding carboxylic acids is 1. The van der Waals surface area contributed by atoms with Crippen molar-refractivity contribution >= 4 is 61.9 Å². The minimum Gasteiger partial charge on any atom is -0.457 e. The molecular formula is C14H7BrN2O4S2. The van der Waals surface area contributed by atoms with E-state index in [9.17, 15) is 14.9 Å². The molecule has 1 amide bonds. The maximum atomic E-state index is 11.6. The molecule has 1 saturated heterocycles. The van der Waals surface area contributed by atoms with Crippen LogP contribution in [0.25, 0.3) is 17.4 Å². The van der Waals surface area contributed by atoms with Crippen LogP contribution in [0, 0.1) is 10.1 Å². The van der Waals surface area contributed by atoms with Crippen LogP contribution in [-0.4, -0.2) is 15.2 Å². The van der Waals surface area contributed by atoms with Crippen LogP contribution in [0.3, 0.4) is 0 Å². The highest BCUT2D eigenvalue weighted by Gasteiger charge is 2.22. The molecule has 0 atom stereocenters. The highest BCUT2D eigenvalue weighted by atomic mass is 79.9. The number of non-ortho nitro benzene ring substituents is 1. The van der Waals surface area contributed by atoms with Gasteiger partial charge in [-0.3, -0.25) is 14.9 Å². The summed E-state index contributed by atoms with van der Waals surface area (Å²) in [5.74, 6) is 0.770.